The number of fused-ring (bicyclic) bond motifs is 1. The van der Waals surface area contributed by atoms with Crippen molar-refractivity contribution < 1.29 is 9.21 Å². The fraction of sp³-hybridized carbons (Fsp3) is 0.118. The minimum atomic E-state index is -0.420. The SMILES string of the molecule is Cc1ccc2oc(C(=O)NCc3ccncc3)cc(=O)c2c1. The predicted molar refractivity (Wildman–Crippen MR) is 82.6 cm³/mol. The molecule has 3 aromatic rings. The van der Waals surface area contributed by atoms with Gasteiger partial charge in [0.05, 0.1) is 5.39 Å². The third kappa shape index (κ3) is 2.88. The number of aromatic nitrogens is 1. The molecule has 0 aliphatic carbocycles. The molecule has 0 fully saturated rings. The Balaban J connectivity index is 1.85. The third-order valence-corrected chi connectivity index (χ3v) is 3.31. The van der Waals surface area contributed by atoms with Crippen molar-refractivity contribution in [3.05, 3.63) is 75.9 Å². The largest absolute Gasteiger partial charge is 0.451 e. The maximum absolute atomic E-state index is 12.1. The van der Waals surface area contributed by atoms with Crippen LogP contribution in [0.1, 0.15) is 21.7 Å². The molecular formula is C17H14N2O3. The molecule has 0 aliphatic rings. The van der Waals surface area contributed by atoms with E-state index in [9.17, 15) is 9.59 Å². The average Bonchev–Trinajstić information content (AvgIpc) is 2.54. The summed E-state index contributed by atoms with van der Waals surface area (Å²) in [6.07, 6.45) is 3.31. The molecular weight excluding hydrogens is 280 g/mol. The monoisotopic (exact) mass is 294 g/mol. The number of carbonyl (C=O) groups excluding carboxylic acids is 1. The molecule has 1 N–H and O–H groups in total. The molecule has 0 bridgehead atoms. The second kappa shape index (κ2) is 5.81. The normalized spacial score (nSPS) is 10.6. The van der Waals surface area contributed by atoms with Gasteiger partial charge in [-0.3, -0.25) is 14.6 Å². The molecule has 2 heterocycles. The van der Waals surface area contributed by atoms with Crippen molar-refractivity contribution >= 4 is 16.9 Å². The van der Waals surface area contributed by atoms with Crippen molar-refractivity contribution in [2.75, 3.05) is 0 Å². The predicted octanol–water partition coefficient (Wildman–Crippen LogP) is 2.43. The van der Waals surface area contributed by atoms with Gasteiger partial charge in [0, 0.05) is 25.0 Å². The molecule has 0 saturated carbocycles. The first-order valence-electron chi connectivity index (χ1n) is 6.85. The number of carbonyl (C=O) groups is 1. The van der Waals surface area contributed by atoms with Gasteiger partial charge >= 0.3 is 0 Å². The van der Waals surface area contributed by atoms with Gasteiger partial charge in [-0.2, -0.15) is 0 Å². The first kappa shape index (κ1) is 14.0. The highest BCUT2D eigenvalue weighted by Crippen LogP contribution is 2.14. The molecule has 0 saturated heterocycles. The van der Waals surface area contributed by atoms with Crippen LogP contribution in [0.4, 0.5) is 0 Å². The molecule has 5 heteroatoms. The van der Waals surface area contributed by atoms with E-state index in [4.69, 9.17) is 4.42 Å². The van der Waals surface area contributed by atoms with E-state index in [1.54, 1.807) is 36.7 Å². The van der Waals surface area contributed by atoms with Gasteiger partial charge in [0.2, 0.25) is 0 Å². The van der Waals surface area contributed by atoms with Crippen molar-refractivity contribution in [1.82, 2.24) is 10.3 Å². The number of rotatable bonds is 3. The Kier molecular flexibility index (Phi) is 3.70. The third-order valence-electron chi connectivity index (χ3n) is 3.31. The summed E-state index contributed by atoms with van der Waals surface area (Å²) >= 11 is 0. The highest BCUT2D eigenvalue weighted by atomic mass is 16.3. The van der Waals surface area contributed by atoms with E-state index in [0.29, 0.717) is 17.5 Å². The van der Waals surface area contributed by atoms with Crippen molar-refractivity contribution in [3.8, 4) is 0 Å². The van der Waals surface area contributed by atoms with Crippen LogP contribution in [0.2, 0.25) is 0 Å². The van der Waals surface area contributed by atoms with Gasteiger partial charge in [-0.1, -0.05) is 11.6 Å². The van der Waals surface area contributed by atoms with Crippen LogP contribution < -0.4 is 10.7 Å². The number of aryl methyl sites for hydroxylation is 1. The van der Waals surface area contributed by atoms with Gasteiger partial charge in [-0.15, -0.1) is 0 Å². The van der Waals surface area contributed by atoms with Crippen molar-refractivity contribution in [3.63, 3.8) is 0 Å². The summed E-state index contributed by atoms with van der Waals surface area (Å²) in [5, 5.41) is 3.20. The number of hydrogen-bond acceptors (Lipinski definition) is 4. The van der Waals surface area contributed by atoms with Crippen molar-refractivity contribution in [2.45, 2.75) is 13.5 Å². The van der Waals surface area contributed by atoms with E-state index in [0.717, 1.165) is 11.1 Å². The van der Waals surface area contributed by atoms with Crippen molar-refractivity contribution in [2.24, 2.45) is 0 Å². The summed E-state index contributed by atoms with van der Waals surface area (Å²) in [5.41, 5.74) is 2.07. The van der Waals surface area contributed by atoms with E-state index < -0.39 is 5.91 Å². The Morgan fingerprint density at radius 2 is 1.95 bits per heavy atom. The lowest BCUT2D eigenvalue weighted by Crippen LogP contribution is -2.24. The van der Waals surface area contributed by atoms with Crippen LogP contribution in [-0.2, 0) is 6.54 Å². The molecule has 5 nitrogen and oxygen atoms in total. The first-order valence-corrected chi connectivity index (χ1v) is 6.85. The molecule has 0 aliphatic heterocycles. The van der Waals surface area contributed by atoms with Crippen LogP contribution in [0.3, 0.4) is 0 Å². The Morgan fingerprint density at radius 3 is 2.73 bits per heavy atom. The molecule has 0 atom stereocenters. The number of nitrogens with zero attached hydrogens (tertiary/aromatic N) is 1. The standard InChI is InChI=1S/C17H14N2O3/c1-11-2-3-15-13(8-11)14(20)9-16(22-15)17(21)19-10-12-4-6-18-7-5-12/h2-9H,10H2,1H3,(H,19,21). The van der Waals surface area contributed by atoms with Gasteiger partial charge in [0.1, 0.15) is 5.58 Å². The number of benzene rings is 1. The summed E-state index contributed by atoms with van der Waals surface area (Å²) in [4.78, 5) is 28.1. The van der Waals surface area contributed by atoms with Gasteiger partial charge in [0.15, 0.2) is 11.2 Å². The van der Waals surface area contributed by atoms with Gasteiger partial charge in [0.25, 0.3) is 5.91 Å². The van der Waals surface area contributed by atoms with Gasteiger partial charge < -0.3 is 9.73 Å². The van der Waals surface area contributed by atoms with Crippen LogP contribution in [-0.4, -0.2) is 10.9 Å². The first-order chi connectivity index (χ1) is 10.6. The highest BCUT2D eigenvalue weighted by Gasteiger charge is 2.12. The van der Waals surface area contributed by atoms with Crippen LogP contribution in [0.15, 0.2) is 58.0 Å². The molecule has 0 radical (unpaired) electrons. The number of amides is 1. The summed E-state index contributed by atoms with van der Waals surface area (Å²) < 4.78 is 5.52. The highest BCUT2D eigenvalue weighted by molar-refractivity contribution is 5.93. The lowest BCUT2D eigenvalue weighted by Gasteiger charge is -2.05. The van der Waals surface area contributed by atoms with Crippen LogP contribution >= 0.6 is 0 Å². The lowest BCUT2D eigenvalue weighted by atomic mass is 10.1. The Hall–Kier alpha value is -2.95. The van der Waals surface area contributed by atoms with E-state index in [1.807, 2.05) is 13.0 Å². The average molecular weight is 294 g/mol. The smallest absolute Gasteiger partial charge is 0.287 e. The zero-order valence-corrected chi connectivity index (χ0v) is 12.0. The van der Waals surface area contributed by atoms with E-state index in [-0.39, 0.29) is 11.2 Å². The van der Waals surface area contributed by atoms with E-state index in [2.05, 4.69) is 10.3 Å². The molecule has 1 amide bonds. The van der Waals surface area contributed by atoms with Gasteiger partial charge in [-0.05, 0) is 36.8 Å². The minimum Gasteiger partial charge on any atom is -0.451 e. The number of hydrogen-bond donors (Lipinski definition) is 1. The maximum Gasteiger partial charge on any atom is 0.287 e. The maximum atomic E-state index is 12.1. The van der Waals surface area contributed by atoms with E-state index >= 15 is 0 Å². The summed E-state index contributed by atoms with van der Waals surface area (Å²) in [7, 11) is 0. The molecule has 0 spiro atoms. The molecule has 22 heavy (non-hydrogen) atoms. The Labute approximate surface area is 126 Å². The summed E-state index contributed by atoms with van der Waals surface area (Å²) in [5.74, 6) is -0.410. The number of pyridine rings is 1. The molecule has 110 valence electrons. The van der Waals surface area contributed by atoms with Crippen LogP contribution in [0, 0.1) is 6.92 Å². The Morgan fingerprint density at radius 1 is 1.18 bits per heavy atom. The summed E-state index contributed by atoms with van der Waals surface area (Å²) in [6, 6.07) is 10.1. The lowest BCUT2D eigenvalue weighted by molar-refractivity contribution is 0.0923. The molecule has 3 rings (SSSR count). The second-order valence-electron chi connectivity index (χ2n) is 5.01. The summed E-state index contributed by atoms with van der Waals surface area (Å²) in [6.45, 7) is 2.24. The van der Waals surface area contributed by atoms with Crippen LogP contribution in [0.25, 0.3) is 11.0 Å². The number of nitrogens with one attached hydrogen (secondary N) is 1. The van der Waals surface area contributed by atoms with Gasteiger partial charge in [-0.25, -0.2) is 0 Å². The zero-order chi connectivity index (χ0) is 15.5. The fourth-order valence-corrected chi connectivity index (χ4v) is 2.15. The van der Waals surface area contributed by atoms with Crippen LogP contribution in [0.5, 0.6) is 0 Å². The molecule has 0 unspecified atom stereocenters. The zero-order valence-electron chi connectivity index (χ0n) is 12.0. The second-order valence-corrected chi connectivity index (χ2v) is 5.01. The molecule has 2 aromatic heterocycles. The quantitative estimate of drug-likeness (QED) is 0.805. The van der Waals surface area contributed by atoms with Crippen molar-refractivity contribution in [1.29, 1.82) is 0 Å². The molecule has 1 aromatic carbocycles. The minimum absolute atomic E-state index is 0.00964. The fourth-order valence-electron chi connectivity index (χ4n) is 2.15. The topological polar surface area (TPSA) is 72.2 Å². The van der Waals surface area contributed by atoms with E-state index in [1.165, 1.54) is 6.07 Å². The Bertz CT molecular complexity index is 885.